The van der Waals surface area contributed by atoms with E-state index in [-0.39, 0.29) is 19.1 Å². The van der Waals surface area contributed by atoms with Crippen molar-refractivity contribution in [2.24, 2.45) is 0 Å². The van der Waals surface area contributed by atoms with Gasteiger partial charge in [-0.1, -0.05) is 31.5 Å². The number of fused-ring (bicyclic) bond motifs is 4. The van der Waals surface area contributed by atoms with Crippen molar-refractivity contribution in [1.29, 1.82) is 0 Å². The summed E-state index contributed by atoms with van der Waals surface area (Å²) in [5, 5.41) is 1.90. The monoisotopic (exact) mass is 488 g/mol. The van der Waals surface area contributed by atoms with Gasteiger partial charge >= 0.3 is 11.6 Å². The smallest absolute Gasteiger partial charge is 0.336 e. The Balaban J connectivity index is 1.41. The Morgan fingerprint density at radius 2 is 1.97 bits per heavy atom. The maximum atomic E-state index is 13.3. The van der Waals surface area contributed by atoms with Gasteiger partial charge in [0.1, 0.15) is 17.4 Å². The number of methoxy groups -OCH3 is 1. The van der Waals surface area contributed by atoms with E-state index < -0.39 is 17.6 Å². The SMILES string of the molecule is CCCc1cc(=O)oc2c(C)c(OCC(=O)N3Cc4[nH]c5ccccc5c4CC3C(=O)OC)ccc12. The van der Waals surface area contributed by atoms with Gasteiger partial charge in [0, 0.05) is 40.0 Å². The van der Waals surface area contributed by atoms with Gasteiger partial charge in [-0.25, -0.2) is 9.59 Å². The summed E-state index contributed by atoms with van der Waals surface area (Å²) in [4.78, 5) is 42.9. The zero-order chi connectivity index (χ0) is 25.4. The molecule has 0 aliphatic carbocycles. The fraction of sp³-hybridized carbons (Fsp3) is 0.321. The molecule has 8 nitrogen and oxygen atoms in total. The summed E-state index contributed by atoms with van der Waals surface area (Å²) in [6.45, 7) is 3.83. The molecule has 1 aliphatic heterocycles. The molecular formula is C28H28N2O6. The van der Waals surface area contributed by atoms with Crippen LogP contribution in [-0.2, 0) is 33.7 Å². The molecule has 1 aliphatic rings. The minimum atomic E-state index is -0.745. The van der Waals surface area contributed by atoms with Crippen molar-refractivity contribution in [1.82, 2.24) is 9.88 Å². The predicted octanol–water partition coefficient (Wildman–Crippen LogP) is 4.04. The lowest BCUT2D eigenvalue weighted by atomic mass is 9.96. The first kappa shape index (κ1) is 23.7. The van der Waals surface area contributed by atoms with Crippen LogP contribution in [0.1, 0.15) is 35.7 Å². The molecule has 0 spiro atoms. The Kier molecular flexibility index (Phi) is 6.26. The Labute approximate surface area is 207 Å². The molecule has 0 saturated carbocycles. The minimum Gasteiger partial charge on any atom is -0.483 e. The fourth-order valence-corrected chi connectivity index (χ4v) is 5.08. The van der Waals surface area contributed by atoms with Crippen molar-refractivity contribution >= 4 is 33.7 Å². The molecule has 36 heavy (non-hydrogen) atoms. The summed E-state index contributed by atoms with van der Waals surface area (Å²) >= 11 is 0. The summed E-state index contributed by atoms with van der Waals surface area (Å²) in [6.07, 6.45) is 2.03. The molecule has 3 heterocycles. The third-order valence-corrected chi connectivity index (χ3v) is 6.87. The molecule has 4 aromatic rings. The second-order valence-corrected chi connectivity index (χ2v) is 9.09. The number of carbonyl (C=O) groups excluding carboxylic acids is 2. The highest BCUT2D eigenvalue weighted by molar-refractivity contribution is 5.90. The number of H-pyrrole nitrogens is 1. The summed E-state index contributed by atoms with van der Waals surface area (Å²) < 4.78 is 16.4. The van der Waals surface area contributed by atoms with Gasteiger partial charge in [-0.3, -0.25) is 4.79 Å². The number of amides is 1. The first-order valence-corrected chi connectivity index (χ1v) is 12.1. The number of aryl methyl sites for hydroxylation is 2. The lowest BCUT2D eigenvalue weighted by Crippen LogP contribution is -2.50. The van der Waals surface area contributed by atoms with Crippen molar-refractivity contribution < 1.29 is 23.5 Å². The van der Waals surface area contributed by atoms with Crippen molar-refractivity contribution in [3.8, 4) is 5.75 Å². The first-order valence-electron chi connectivity index (χ1n) is 12.1. The number of para-hydroxylation sites is 1. The highest BCUT2D eigenvalue weighted by Crippen LogP contribution is 2.32. The molecule has 1 unspecified atom stereocenters. The molecule has 2 aromatic heterocycles. The van der Waals surface area contributed by atoms with Crippen LogP contribution in [-0.4, -0.2) is 41.5 Å². The zero-order valence-electron chi connectivity index (χ0n) is 20.6. The number of esters is 1. The highest BCUT2D eigenvalue weighted by Gasteiger charge is 2.37. The standard InChI is InChI=1S/C28H28N2O6/c1-4-7-17-12-26(32)36-27-16(2)24(11-10-18(17)27)35-15-25(31)30-14-22-20(13-23(30)28(33)34-3)19-8-5-6-9-21(19)29-22/h5-6,8-12,23,29H,4,7,13-15H2,1-3H3. The Morgan fingerprint density at radius 1 is 1.17 bits per heavy atom. The van der Waals surface area contributed by atoms with Gasteiger partial charge in [0.05, 0.1) is 13.7 Å². The average molecular weight is 489 g/mol. The van der Waals surface area contributed by atoms with Crippen LogP contribution in [0.2, 0.25) is 0 Å². The van der Waals surface area contributed by atoms with Gasteiger partial charge in [-0.05, 0) is 42.7 Å². The van der Waals surface area contributed by atoms with E-state index in [1.54, 1.807) is 13.0 Å². The van der Waals surface area contributed by atoms with Gasteiger partial charge in [0.2, 0.25) is 0 Å². The second-order valence-electron chi connectivity index (χ2n) is 9.09. The molecule has 1 amide bonds. The Hall–Kier alpha value is -4.07. The predicted molar refractivity (Wildman–Crippen MR) is 135 cm³/mol. The quantitative estimate of drug-likeness (QED) is 0.325. The molecule has 5 rings (SSSR count). The minimum absolute atomic E-state index is 0.248. The van der Waals surface area contributed by atoms with Crippen LogP contribution in [0.4, 0.5) is 0 Å². The van der Waals surface area contributed by atoms with Crippen molar-refractivity contribution in [3.63, 3.8) is 0 Å². The number of aromatic nitrogens is 1. The lowest BCUT2D eigenvalue weighted by molar-refractivity contribution is -0.154. The van der Waals surface area contributed by atoms with Gasteiger partial charge in [-0.2, -0.15) is 0 Å². The number of nitrogens with zero attached hydrogens (tertiary/aromatic N) is 1. The molecular weight excluding hydrogens is 460 g/mol. The van der Waals surface area contributed by atoms with Crippen LogP contribution in [0.5, 0.6) is 5.75 Å². The number of carbonyl (C=O) groups is 2. The van der Waals surface area contributed by atoms with Crippen LogP contribution in [0, 0.1) is 6.92 Å². The molecule has 0 radical (unpaired) electrons. The fourth-order valence-electron chi connectivity index (χ4n) is 5.08. The van der Waals surface area contributed by atoms with Crippen molar-refractivity contribution in [3.05, 3.63) is 75.3 Å². The third-order valence-electron chi connectivity index (χ3n) is 6.87. The lowest BCUT2D eigenvalue weighted by Gasteiger charge is -2.33. The van der Waals surface area contributed by atoms with Crippen LogP contribution in [0.15, 0.2) is 51.7 Å². The van der Waals surface area contributed by atoms with E-state index in [9.17, 15) is 14.4 Å². The number of nitrogens with one attached hydrogen (secondary N) is 1. The number of aromatic amines is 1. The molecule has 0 saturated heterocycles. The van der Waals surface area contributed by atoms with Gasteiger partial charge in [0.15, 0.2) is 6.61 Å². The van der Waals surface area contributed by atoms with E-state index in [1.165, 1.54) is 18.1 Å². The number of rotatable bonds is 6. The number of hydrogen-bond acceptors (Lipinski definition) is 6. The van der Waals surface area contributed by atoms with Crippen molar-refractivity contribution in [2.75, 3.05) is 13.7 Å². The van der Waals surface area contributed by atoms with E-state index in [2.05, 4.69) is 11.9 Å². The largest absolute Gasteiger partial charge is 0.483 e. The molecule has 186 valence electrons. The van der Waals surface area contributed by atoms with E-state index in [0.717, 1.165) is 46.0 Å². The first-order chi connectivity index (χ1) is 17.4. The molecule has 8 heteroatoms. The van der Waals surface area contributed by atoms with Gasteiger partial charge in [-0.15, -0.1) is 0 Å². The van der Waals surface area contributed by atoms with Gasteiger partial charge < -0.3 is 23.8 Å². The number of benzene rings is 2. The van der Waals surface area contributed by atoms with Crippen LogP contribution >= 0.6 is 0 Å². The molecule has 0 fully saturated rings. The molecule has 0 bridgehead atoms. The zero-order valence-corrected chi connectivity index (χ0v) is 20.6. The van der Waals surface area contributed by atoms with E-state index in [1.807, 2.05) is 30.3 Å². The summed E-state index contributed by atoms with van der Waals surface area (Å²) in [7, 11) is 1.32. The average Bonchev–Trinajstić information content (AvgIpc) is 3.25. The maximum Gasteiger partial charge on any atom is 0.336 e. The summed E-state index contributed by atoms with van der Waals surface area (Å²) in [5.41, 5.74) is 4.52. The number of ether oxygens (including phenoxy) is 2. The second kappa shape index (κ2) is 9.53. The molecule has 2 aromatic carbocycles. The van der Waals surface area contributed by atoms with E-state index >= 15 is 0 Å². The maximum absolute atomic E-state index is 13.3. The normalized spacial score (nSPS) is 15.2. The van der Waals surface area contributed by atoms with E-state index in [0.29, 0.717) is 23.3 Å². The van der Waals surface area contributed by atoms with Crippen molar-refractivity contribution in [2.45, 2.75) is 45.7 Å². The number of hydrogen-bond donors (Lipinski definition) is 1. The summed E-state index contributed by atoms with van der Waals surface area (Å²) in [5.74, 6) is -0.354. The van der Waals surface area contributed by atoms with Crippen LogP contribution in [0.25, 0.3) is 21.9 Å². The highest BCUT2D eigenvalue weighted by atomic mass is 16.5. The topological polar surface area (TPSA) is 102 Å². The van der Waals surface area contributed by atoms with Crippen LogP contribution in [0.3, 0.4) is 0 Å². The van der Waals surface area contributed by atoms with E-state index in [4.69, 9.17) is 13.9 Å². The Morgan fingerprint density at radius 3 is 2.75 bits per heavy atom. The molecule has 1 N–H and O–H groups in total. The third kappa shape index (κ3) is 4.12. The van der Waals surface area contributed by atoms with Gasteiger partial charge in [0.25, 0.3) is 5.91 Å². The molecule has 1 atom stereocenters. The Bertz CT molecular complexity index is 1530. The van der Waals surface area contributed by atoms with Crippen LogP contribution < -0.4 is 10.4 Å². The summed E-state index contributed by atoms with van der Waals surface area (Å²) in [6, 6.07) is 12.3.